The van der Waals surface area contributed by atoms with Crippen LogP contribution in [0, 0.1) is 18.6 Å². The molecule has 0 saturated carbocycles. The Morgan fingerprint density at radius 3 is 2.71 bits per heavy atom. The quantitative estimate of drug-likeness (QED) is 0.763. The first kappa shape index (κ1) is 9.15. The van der Waals surface area contributed by atoms with Crippen molar-refractivity contribution in [2.24, 2.45) is 0 Å². The minimum Gasteiger partial charge on any atom is -0.455 e. The topological polar surface area (TPSA) is 33.4 Å². The molecular weight excluding hydrogens is 190 g/mol. The van der Waals surface area contributed by atoms with Gasteiger partial charge in [-0.2, -0.15) is 0 Å². The highest BCUT2D eigenvalue weighted by molar-refractivity contribution is 5.82. The molecule has 0 spiro atoms. The molecule has 0 amide bonds. The van der Waals surface area contributed by atoms with E-state index < -0.39 is 11.6 Å². The first-order chi connectivity index (χ1) is 6.63. The SMILES string of the molecule is Cc1c(CO)oc2c(F)cc(F)cc12. The predicted molar refractivity (Wildman–Crippen MR) is 46.8 cm³/mol. The molecule has 1 aromatic carbocycles. The summed E-state index contributed by atoms with van der Waals surface area (Å²) in [6.45, 7) is 1.33. The van der Waals surface area contributed by atoms with Gasteiger partial charge in [0.1, 0.15) is 18.2 Å². The zero-order valence-corrected chi connectivity index (χ0v) is 7.47. The lowest BCUT2D eigenvalue weighted by Crippen LogP contribution is -1.81. The van der Waals surface area contributed by atoms with Crippen molar-refractivity contribution < 1.29 is 18.3 Å². The molecule has 0 aliphatic carbocycles. The van der Waals surface area contributed by atoms with Crippen LogP contribution in [0.25, 0.3) is 11.0 Å². The summed E-state index contributed by atoms with van der Waals surface area (Å²) in [4.78, 5) is 0. The molecule has 1 heterocycles. The number of aliphatic hydroxyl groups excluding tert-OH is 1. The summed E-state index contributed by atoms with van der Waals surface area (Å²) < 4.78 is 31.0. The standard InChI is InChI=1S/C10H8F2O2/c1-5-7-2-6(11)3-8(12)10(7)14-9(5)4-13/h2-3,13H,4H2,1H3. The molecule has 0 aliphatic heterocycles. The van der Waals surface area contributed by atoms with Crippen molar-refractivity contribution >= 4 is 11.0 Å². The Bertz CT molecular complexity index is 488. The molecule has 2 rings (SSSR count). The molecule has 1 N–H and O–H groups in total. The number of hydrogen-bond acceptors (Lipinski definition) is 2. The maximum Gasteiger partial charge on any atom is 0.170 e. The van der Waals surface area contributed by atoms with E-state index in [1.807, 2.05) is 0 Å². The highest BCUT2D eigenvalue weighted by atomic mass is 19.1. The fraction of sp³-hybridized carbons (Fsp3) is 0.200. The highest BCUT2D eigenvalue weighted by Gasteiger charge is 2.14. The minimum absolute atomic E-state index is 0.00653. The fourth-order valence-electron chi connectivity index (χ4n) is 1.44. The van der Waals surface area contributed by atoms with Gasteiger partial charge < -0.3 is 9.52 Å². The van der Waals surface area contributed by atoms with E-state index in [2.05, 4.69) is 0 Å². The maximum absolute atomic E-state index is 13.2. The average Bonchev–Trinajstić information content (AvgIpc) is 2.44. The van der Waals surface area contributed by atoms with Crippen LogP contribution < -0.4 is 0 Å². The number of furan rings is 1. The van der Waals surface area contributed by atoms with E-state index in [9.17, 15) is 8.78 Å². The predicted octanol–water partition coefficient (Wildman–Crippen LogP) is 2.51. The average molecular weight is 198 g/mol. The highest BCUT2D eigenvalue weighted by Crippen LogP contribution is 2.28. The summed E-state index contributed by atoms with van der Waals surface area (Å²) in [5, 5.41) is 9.24. The number of rotatable bonds is 1. The van der Waals surface area contributed by atoms with Gasteiger partial charge in [0.2, 0.25) is 0 Å². The zero-order valence-electron chi connectivity index (χ0n) is 7.47. The van der Waals surface area contributed by atoms with Gasteiger partial charge in [0, 0.05) is 17.0 Å². The molecule has 2 aromatic rings. The van der Waals surface area contributed by atoms with Crippen LogP contribution in [-0.2, 0) is 6.61 Å². The summed E-state index contributed by atoms with van der Waals surface area (Å²) in [6, 6.07) is 1.95. The van der Waals surface area contributed by atoms with Crippen molar-refractivity contribution in [1.29, 1.82) is 0 Å². The molecule has 2 nitrogen and oxygen atoms in total. The van der Waals surface area contributed by atoms with E-state index in [0.717, 1.165) is 6.07 Å². The molecule has 14 heavy (non-hydrogen) atoms. The third-order valence-corrected chi connectivity index (χ3v) is 2.20. The van der Waals surface area contributed by atoms with Gasteiger partial charge in [-0.3, -0.25) is 0 Å². The van der Waals surface area contributed by atoms with E-state index in [1.165, 1.54) is 6.07 Å². The van der Waals surface area contributed by atoms with Gasteiger partial charge in [-0.15, -0.1) is 0 Å². The van der Waals surface area contributed by atoms with Crippen molar-refractivity contribution in [1.82, 2.24) is 0 Å². The number of aliphatic hydroxyl groups is 1. The first-order valence-corrected chi connectivity index (χ1v) is 4.11. The lowest BCUT2D eigenvalue weighted by Gasteiger charge is -1.92. The van der Waals surface area contributed by atoms with Gasteiger partial charge in [-0.25, -0.2) is 8.78 Å². The second kappa shape index (κ2) is 3.06. The Morgan fingerprint density at radius 1 is 1.36 bits per heavy atom. The van der Waals surface area contributed by atoms with E-state index in [0.29, 0.717) is 10.9 Å². The van der Waals surface area contributed by atoms with Crippen LogP contribution in [0.2, 0.25) is 0 Å². The van der Waals surface area contributed by atoms with Gasteiger partial charge in [0.05, 0.1) is 0 Å². The summed E-state index contributed by atoms with van der Waals surface area (Å²) in [5.74, 6) is -1.13. The van der Waals surface area contributed by atoms with Crippen molar-refractivity contribution in [3.05, 3.63) is 35.1 Å². The zero-order chi connectivity index (χ0) is 10.3. The molecule has 0 bridgehead atoms. The van der Waals surface area contributed by atoms with Crippen molar-refractivity contribution in [3.63, 3.8) is 0 Å². The lowest BCUT2D eigenvalue weighted by atomic mass is 10.1. The van der Waals surface area contributed by atoms with Crippen molar-refractivity contribution in [2.45, 2.75) is 13.5 Å². The van der Waals surface area contributed by atoms with Crippen molar-refractivity contribution in [2.75, 3.05) is 0 Å². The fourth-order valence-corrected chi connectivity index (χ4v) is 1.44. The largest absolute Gasteiger partial charge is 0.455 e. The lowest BCUT2D eigenvalue weighted by molar-refractivity contribution is 0.249. The molecule has 0 saturated heterocycles. The van der Waals surface area contributed by atoms with E-state index >= 15 is 0 Å². The summed E-state index contributed by atoms with van der Waals surface area (Å²) >= 11 is 0. The van der Waals surface area contributed by atoms with E-state index in [4.69, 9.17) is 9.52 Å². The van der Waals surface area contributed by atoms with Crippen molar-refractivity contribution in [3.8, 4) is 0 Å². The molecule has 0 radical (unpaired) electrons. The van der Waals surface area contributed by atoms with Gasteiger partial charge in [0.15, 0.2) is 11.4 Å². The molecule has 0 aliphatic rings. The number of hydrogen-bond donors (Lipinski definition) is 1. The monoisotopic (exact) mass is 198 g/mol. The molecule has 74 valence electrons. The van der Waals surface area contributed by atoms with Crippen LogP contribution in [0.15, 0.2) is 16.5 Å². The Kier molecular flexibility index (Phi) is 2.00. The Balaban J connectivity index is 2.85. The Labute approximate surface area is 78.8 Å². The molecule has 0 unspecified atom stereocenters. The van der Waals surface area contributed by atoms with Gasteiger partial charge in [-0.05, 0) is 13.0 Å². The summed E-state index contributed by atoms with van der Waals surface area (Å²) in [7, 11) is 0. The van der Waals surface area contributed by atoms with Crippen LogP contribution in [0.1, 0.15) is 11.3 Å². The Morgan fingerprint density at radius 2 is 2.07 bits per heavy atom. The van der Waals surface area contributed by atoms with Gasteiger partial charge in [0.25, 0.3) is 0 Å². The maximum atomic E-state index is 13.2. The number of halogens is 2. The second-order valence-electron chi connectivity index (χ2n) is 3.07. The molecule has 4 heteroatoms. The smallest absolute Gasteiger partial charge is 0.170 e. The summed E-state index contributed by atoms with van der Waals surface area (Å²) in [6.07, 6.45) is 0. The normalized spacial score (nSPS) is 11.1. The molecule has 0 atom stereocenters. The molecule has 1 aromatic heterocycles. The Hall–Kier alpha value is -1.42. The van der Waals surface area contributed by atoms with E-state index in [-0.39, 0.29) is 18.0 Å². The number of benzene rings is 1. The number of fused-ring (bicyclic) bond motifs is 1. The molecule has 0 fully saturated rings. The summed E-state index contributed by atoms with van der Waals surface area (Å²) in [5.41, 5.74) is 0.564. The second-order valence-corrected chi connectivity index (χ2v) is 3.07. The number of aryl methyl sites for hydroxylation is 1. The van der Waals surface area contributed by atoms with Crippen LogP contribution in [0.4, 0.5) is 8.78 Å². The third kappa shape index (κ3) is 1.19. The first-order valence-electron chi connectivity index (χ1n) is 4.11. The van der Waals surface area contributed by atoms with Crippen LogP contribution in [0.5, 0.6) is 0 Å². The molecular formula is C10H8F2O2. The van der Waals surface area contributed by atoms with Gasteiger partial charge >= 0.3 is 0 Å². The van der Waals surface area contributed by atoms with Crippen LogP contribution in [0.3, 0.4) is 0 Å². The minimum atomic E-state index is -0.747. The van der Waals surface area contributed by atoms with Gasteiger partial charge in [-0.1, -0.05) is 0 Å². The van der Waals surface area contributed by atoms with Crippen LogP contribution in [-0.4, -0.2) is 5.11 Å². The third-order valence-electron chi connectivity index (χ3n) is 2.20. The van der Waals surface area contributed by atoms with Crippen LogP contribution >= 0.6 is 0 Å². The van der Waals surface area contributed by atoms with E-state index in [1.54, 1.807) is 6.92 Å².